The zero-order chi connectivity index (χ0) is 15.7. The highest BCUT2D eigenvalue weighted by Crippen LogP contribution is 2.27. The molecule has 2 atom stereocenters. The number of carbonyl (C=O) groups excluding carboxylic acids is 3. The molecule has 0 radical (unpaired) electrons. The predicted octanol–water partition coefficient (Wildman–Crippen LogP) is 1.51. The van der Waals surface area contributed by atoms with Gasteiger partial charge in [-0.1, -0.05) is 6.07 Å². The molecule has 0 unspecified atom stereocenters. The molecule has 1 aromatic heterocycles. The van der Waals surface area contributed by atoms with E-state index in [-0.39, 0.29) is 36.3 Å². The molecule has 1 N–H and O–H groups in total. The van der Waals surface area contributed by atoms with Gasteiger partial charge in [0.25, 0.3) is 11.8 Å². The number of hydrogen-bond acceptors (Lipinski definition) is 4. The van der Waals surface area contributed by atoms with Crippen molar-refractivity contribution in [3.8, 4) is 0 Å². The SMILES string of the molecule is O=C(N[C@H]1CCN2C(=O)N(CCCl)C(=O)[C@@H]2C1)c1cccs1. The van der Waals surface area contributed by atoms with Gasteiger partial charge in [0.15, 0.2) is 0 Å². The number of rotatable bonds is 4. The van der Waals surface area contributed by atoms with E-state index < -0.39 is 6.04 Å². The minimum absolute atomic E-state index is 0.0939. The van der Waals surface area contributed by atoms with E-state index in [1.54, 1.807) is 11.0 Å². The van der Waals surface area contributed by atoms with Gasteiger partial charge in [0.2, 0.25) is 0 Å². The van der Waals surface area contributed by atoms with Crippen LogP contribution < -0.4 is 5.32 Å². The van der Waals surface area contributed by atoms with Crippen LogP contribution >= 0.6 is 22.9 Å². The second-order valence-electron chi connectivity index (χ2n) is 5.34. The van der Waals surface area contributed by atoms with Crippen molar-refractivity contribution in [2.24, 2.45) is 0 Å². The predicted molar refractivity (Wildman–Crippen MR) is 83.1 cm³/mol. The van der Waals surface area contributed by atoms with Crippen LogP contribution in [-0.4, -0.2) is 58.7 Å². The molecule has 2 aliphatic heterocycles. The third-order valence-corrected chi connectivity index (χ3v) is 5.06. The summed E-state index contributed by atoms with van der Waals surface area (Å²) >= 11 is 7.02. The van der Waals surface area contributed by atoms with Gasteiger partial charge in [-0.05, 0) is 24.3 Å². The lowest BCUT2D eigenvalue weighted by molar-refractivity contribution is -0.128. The van der Waals surface area contributed by atoms with Crippen LogP contribution in [0.25, 0.3) is 0 Å². The van der Waals surface area contributed by atoms with E-state index in [2.05, 4.69) is 5.32 Å². The fourth-order valence-electron chi connectivity index (χ4n) is 2.94. The van der Waals surface area contributed by atoms with Crippen LogP contribution in [0.3, 0.4) is 0 Å². The zero-order valence-electron chi connectivity index (χ0n) is 11.8. The van der Waals surface area contributed by atoms with Crippen molar-refractivity contribution in [1.82, 2.24) is 15.1 Å². The first-order chi connectivity index (χ1) is 10.6. The summed E-state index contributed by atoms with van der Waals surface area (Å²) in [5.74, 6) is -0.0973. The maximum absolute atomic E-state index is 12.3. The van der Waals surface area contributed by atoms with E-state index in [9.17, 15) is 14.4 Å². The molecule has 2 saturated heterocycles. The Labute approximate surface area is 137 Å². The number of fused-ring (bicyclic) bond motifs is 1. The molecule has 0 aromatic carbocycles. The van der Waals surface area contributed by atoms with Gasteiger partial charge in [-0.3, -0.25) is 14.5 Å². The van der Waals surface area contributed by atoms with Gasteiger partial charge in [-0.15, -0.1) is 22.9 Å². The van der Waals surface area contributed by atoms with Gasteiger partial charge in [-0.2, -0.15) is 0 Å². The molecule has 2 aliphatic rings. The van der Waals surface area contributed by atoms with Crippen molar-refractivity contribution in [1.29, 1.82) is 0 Å². The third-order valence-electron chi connectivity index (χ3n) is 4.02. The summed E-state index contributed by atoms with van der Waals surface area (Å²) in [5, 5.41) is 4.80. The Morgan fingerprint density at radius 2 is 2.27 bits per heavy atom. The molecule has 22 heavy (non-hydrogen) atoms. The average molecular weight is 342 g/mol. The van der Waals surface area contributed by atoms with E-state index in [0.717, 1.165) is 0 Å². The molecular weight excluding hydrogens is 326 g/mol. The molecule has 0 spiro atoms. The minimum Gasteiger partial charge on any atom is -0.348 e. The van der Waals surface area contributed by atoms with Crippen molar-refractivity contribution in [2.45, 2.75) is 24.9 Å². The monoisotopic (exact) mass is 341 g/mol. The molecule has 1 aromatic rings. The Hall–Kier alpha value is -1.60. The molecule has 3 rings (SSSR count). The summed E-state index contributed by atoms with van der Waals surface area (Å²) in [5.41, 5.74) is 0. The number of alkyl halides is 1. The van der Waals surface area contributed by atoms with Crippen LogP contribution in [0, 0.1) is 0 Å². The van der Waals surface area contributed by atoms with Crippen molar-refractivity contribution in [3.05, 3.63) is 22.4 Å². The first-order valence-electron chi connectivity index (χ1n) is 7.14. The van der Waals surface area contributed by atoms with Crippen molar-refractivity contribution in [2.75, 3.05) is 19.0 Å². The van der Waals surface area contributed by atoms with Gasteiger partial charge in [0.1, 0.15) is 6.04 Å². The maximum Gasteiger partial charge on any atom is 0.327 e. The number of thiophene rings is 1. The lowest BCUT2D eigenvalue weighted by Gasteiger charge is -2.32. The topological polar surface area (TPSA) is 69.7 Å². The van der Waals surface area contributed by atoms with E-state index in [1.165, 1.54) is 16.2 Å². The summed E-state index contributed by atoms with van der Waals surface area (Å²) in [6.07, 6.45) is 1.11. The van der Waals surface area contributed by atoms with Gasteiger partial charge in [-0.25, -0.2) is 4.79 Å². The molecule has 0 saturated carbocycles. The smallest absolute Gasteiger partial charge is 0.327 e. The van der Waals surface area contributed by atoms with Crippen molar-refractivity contribution < 1.29 is 14.4 Å². The third kappa shape index (κ3) is 2.70. The largest absolute Gasteiger partial charge is 0.348 e. The van der Waals surface area contributed by atoms with Gasteiger partial charge in [0, 0.05) is 25.0 Å². The van der Waals surface area contributed by atoms with Gasteiger partial charge >= 0.3 is 6.03 Å². The summed E-state index contributed by atoms with van der Waals surface area (Å²) in [6.45, 7) is 0.710. The van der Waals surface area contributed by atoms with Crippen molar-refractivity contribution in [3.63, 3.8) is 0 Å². The number of nitrogens with zero attached hydrogens (tertiary/aromatic N) is 2. The number of hydrogen-bond donors (Lipinski definition) is 1. The summed E-state index contributed by atoms with van der Waals surface area (Å²) in [6, 6.07) is 2.76. The van der Waals surface area contributed by atoms with E-state index in [0.29, 0.717) is 24.3 Å². The van der Waals surface area contributed by atoms with Crippen LogP contribution in [0.1, 0.15) is 22.5 Å². The fourth-order valence-corrected chi connectivity index (χ4v) is 3.74. The lowest BCUT2D eigenvalue weighted by atomic mass is 9.98. The fraction of sp³-hybridized carbons (Fsp3) is 0.500. The second kappa shape index (κ2) is 6.26. The summed E-state index contributed by atoms with van der Waals surface area (Å²) in [4.78, 5) is 40.0. The summed E-state index contributed by atoms with van der Waals surface area (Å²) < 4.78 is 0. The Bertz CT molecular complexity index is 592. The van der Waals surface area contributed by atoms with Crippen molar-refractivity contribution >= 4 is 40.8 Å². The molecule has 3 heterocycles. The van der Waals surface area contributed by atoms with Crippen LogP contribution in [0.15, 0.2) is 17.5 Å². The minimum atomic E-state index is -0.474. The van der Waals surface area contributed by atoms with E-state index >= 15 is 0 Å². The molecule has 0 aliphatic carbocycles. The highest BCUT2D eigenvalue weighted by atomic mass is 35.5. The van der Waals surface area contributed by atoms with Crippen LogP contribution in [0.2, 0.25) is 0 Å². The number of piperidine rings is 1. The number of carbonyl (C=O) groups is 3. The number of imide groups is 1. The molecule has 8 heteroatoms. The normalized spacial score (nSPS) is 24.6. The second-order valence-corrected chi connectivity index (χ2v) is 6.67. The molecule has 6 nitrogen and oxygen atoms in total. The molecular formula is C14H16ClN3O3S. The highest BCUT2D eigenvalue weighted by Gasteiger charge is 2.47. The number of nitrogens with one attached hydrogen (secondary N) is 1. The van der Waals surface area contributed by atoms with E-state index in [1.807, 2.05) is 11.4 Å². The number of amides is 4. The standard InChI is InChI=1S/C14H16ClN3O3S/c15-4-6-18-13(20)10-8-9(3-5-17(10)14(18)21)16-12(19)11-2-1-7-22-11/h1-2,7,9-10H,3-6,8H2,(H,16,19)/t9-,10-/m0/s1. The summed E-state index contributed by atoms with van der Waals surface area (Å²) in [7, 11) is 0. The van der Waals surface area contributed by atoms with Gasteiger partial charge in [0.05, 0.1) is 4.88 Å². The van der Waals surface area contributed by atoms with Crippen LogP contribution in [-0.2, 0) is 4.79 Å². The lowest BCUT2D eigenvalue weighted by Crippen LogP contribution is -2.49. The van der Waals surface area contributed by atoms with Crippen LogP contribution in [0.5, 0.6) is 0 Å². The first kappa shape index (κ1) is 15.3. The number of halogens is 1. The zero-order valence-corrected chi connectivity index (χ0v) is 13.4. The van der Waals surface area contributed by atoms with Crippen LogP contribution in [0.4, 0.5) is 4.79 Å². The Kier molecular flexibility index (Phi) is 4.35. The Morgan fingerprint density at radius 1 is 1.45 bits per heavy atom. The first-order valence-corrected chi connectivity index (χ1v) is 8.55. The molecule has 0 bridgehead atoms. The Morgan fingerprint density at radius 3 is 2.95 bits per heavy atom. The van der Waals surface area contributed by atoms with E-state index in [4.69, 9.17) is 11.6 Å². The average Bonchev–Trinajstić information content (AvgIpc) is 3.12. The Balaban J connectivity index is 1.65. The number of urea groups is 1. The van der Waals surface area contributed by atoms with Gasteiger partial charge < -0.3 is 10.2 Å². The quantitative estimate of drug-likeness (QED) is 0.666. The molecule has 2 fully saturated rings. The molecule has 4 amide bonds. The molecule has 118 valence electrons. The maximum atomic E-state index is 12.3. The highest BCUT2D eigenvalue weighted by molar-refractivity contribution is 7.12.